The van der Waals surface area contributed by atoms with Crippen molar-refractivity contribution in [1.82, 2.24) is 4.90 Å². The van der Waals surface area contributed by atoms with Crippen LogP contribution >= 0.6 is 12.4 Å². The maximum absolute atomic E-state index is 12.5. The molecule has 0 aliphatic heterocycles. The average Bonchev–Trinajstić information content (AvgIpc) is 3.02. The lowest BCUT2D eigenvalue weighted by Crippen LogP contribution is -2.32. The van der Waals surface area contributed by atoms with E-state index in [0.29, 0.717) is 26.1 Å². The molecule has 0 aliphatic rings. The zero-order valence-electron chi connectivity index (χ0n) is 12.4. The number of carbonyl (C=O) groups excluding carboxylic acids is 1. The van der Waals surface area contributed by atoms with Gasteiger partial charge >= 0.3 is 5.88 Å². The first-order valence-electron chi connectivity index (χ1n) is 6.89. The van der Waals surface area contributed by atoms with Gasteiger partial charge in [-0.25, -0.2) is 0 Å². The number of benzene rings is 1. The number of amides is 1. The van der Waals surface area contributed by atoms with Gasteiger partial charge in [-0.05, 0) is 24.6 Å². The van der Waals surface area contributed by atoms with Crippen LogP contribution in [0.2, 0.25) is 0 Å². The molecule has 0 atom stereocenters. The lowest BCUT2D eigenvalue weighted by molar-refractivity contribution is -0.402. The largest absolute Gasteiger partial charge is 0.433 e. The van der Waals surface area contributed by atoms with E-state index in [1.54, 1.807) is 4.90 Å². The Kier molecular flexibility index (Phi) is 7.24. The van der Waals surface area contributed by atoms with E-state index in [9.17, 15) is 14.9 Å². The second kappa shape index (κ2) is 8.92. The van der Waals surface area contributed by atoms with Crippen molar-refractivity contribution in [3.8, 4) is 0 Å². The molecule has 0 saturated heterocycles. The average molecular weight is 340 g/mol. The summed E-state index contributed by atoms with van der Waals surface area (Å²) in [5.41, 5.74) is 6.47. The van der Waals surface area contributed by atoms with Crippen LogP contribution in [0.5, 0.6) is 0 Å². The topological polar surface area (TPSA) is 103 Å². The van der Waals surface area contributed by atoms with Gasteiger partial charge in [0.15, 0.2) is 5.76 Å². The fourth-order valence-corrected chi connectivity index (χ4v) is 2.03. The normalized spacial score (nSPS) is 9.96. The Hall–Kier alpha value is -2.38. The molecule has 2 aromatic rings. The van der Waals surface area contributed by atoms with E-state index in [0.717, 1.165) is 5.56 Å². The Morgan fingerprint density at radius 1 is 1.22 bits per heavy atom. The van der Waals surface area contributed by atoms with Crippen LogP contribution in [0, 0.1) is 10.1 Å². The maximum atomic E-state index is 12.5. The number of furan rings is 1. The van der Waals surface area contributed by atoms with Crippen molar-refractivity contribution < 1.29 is 14.1 Å². The molecule has 2 N–H and O–H groups in total. The Bertz CT molecular complexity index is 645. The monoisotopic (exact) mass is 339 g/mol. The van der Waals surface area contributed by atoms with Gasteiger partial charge in [0.05, 0.1) is 6.07 Å². The van der Waals surface area contributed by atoms with Crippen LogP contribution in [-0.4, -0.2) is 28.8 Å². The summed E-state index contributed by atoms with van der Waals surface area (Å²) in [6, 6.07) is 12.0. The summed E-state index contributed by atoms with van der Waals surface area (Å²) in [4.78, 5) is 24.0. The second-order valence-electron chi connectivity index (χ2n) is 4.75. The third-order valence-electron chi connectivity index (χ3n) is 3.12. The molecule has 0 spiro atoms. The molecule has 0 unspecified atom stereocenters. The van der Waals surface area contributed by atoms with Gasteiger partial charge in [0.25, 0.3) is 5.91 Å². The lowest BCUT2D eigenvalue weighted by Gasteiger charge is -2.21. The molecular weight excluding hydrogens is 322 g/mol. The standard InChI is InChI=1S/C15H17N3O4.ClH/c16-9-4-10-17(11-12-5-2-1-3-6-12)15(19)13-7-8-14(22-13)18(20)21;/h1-3,5-8H,4,9-11,16H2;1H. The van der Waals surface area contributed by atoms with Gasteiger partial charge < -0.3 is 15.1 Å². The van der Waals surface area contributed by atoms with Crippen LogP contribution in [0.15, 0.2) is 46.9 Å². The van der Waals surface area contributed by atoms with E-state index in [2.05, 4.69) is 0 Å². The molecule has 124 valence electrons. The highest BCUT2D eigenvalue weighted by Gasteiger charge is 2.22. The van der Waals surface area contributed by atoms with Gasteiger partial charge in [0.2, 0.25) is 0 Å². The van der Waals surface area contributed by atoms with Gasteiger partial charge in [-0.3, -0.25) is 14.9 Å². The van der Waals surface area contributed by atoms with Crippen molar-refractivity contribution in [3.05, 3.63) is 63.9 Å². The zero-order chi connectivity index (χ0) is 15.9. The first kappa shape index (κ1) is 18.7. The maximum Gasteiger partial charge on any atom is 0.433 e. The summed E-state index contributed by atoms with van der Waals surface area (Å²) in [5.74, 6) is -0.869. The van der Waals surface area contributed by atoms with E-state index in [1.165, 1.54) is 12.1 Å². The highest BCUT2D eigenvalue weighted by atomic mass is 35.5. The predicted octanol–water partition coefficient (Wildman–Crippen LogP) is 2.60. The smallest absolute Gasteiger partial charge is 0.395 e. The molecule has 0 radical (unpaired) electrons. The Balaban J connectivity index is 0.00000264. The SMILES string of the molecule is Cl.NCCCN(Cc1ccccc1)C(=O)c1ccc([N+](=O)[O-])o1. The molecule has 1 aromatic carbocycles. The number of nitro groups is 1. The van der Waals surface area contributed by atoms with E-state index in [1.807, 2.05) is 30.3 Å². The first-order chi connectivity index (χ1) is 10.6. The summed E-state index contributed by atoms with van der Waals surface area (Å²) in [7, 11) is 0. The van der Waals surface area contributed by atoms with Gasteiger partial charge in [-0.1, -0.05) is 30.3 Å². The lowest BCUT2D eigenvalue weighted by atomic mass is 10.2. The van der Waals surface area contributed by atoms with E-state index in [4.69, 9.17) is 10.2 Å². The van der Waals surface area contributed by atoms with Crippen LogP contribution < -0.4 is 5.73 Å². The minimum absolute atomic E-state index is 0. The predicted molar refractivity (Wildman–Crippen MR) is 87.5 cm³/mol. The molecule has 23 heavy (non-hydrogen) atoms. The van der Waals surface area contributed by atoms with E-state index in [-0.39, 0.29) is 24.1 Å². The molecule has 1 heterocycles. The van der Waals surface area contributed by atoms with Gasteiger partial charge in [0, 0.05) is 13.1 Å². The molecule has 0 saturated carbocycles. The van der Waals surface area contributed by atoms with Crippen molar-refractivity contribution in [2.75, 3.05) is 13.1 Å². The summed E-state index contributed by atoms with van der Waals surface area (Å²) in [6.07, 6.45) is 0.640. The summed E-state index contributed by atoms with van der Waals surface area (Å²) in [5, 5.41) is 10.6. The van der Waals surface area contributed by atoms with Gasteiger partial charge in [-0.15, -0.1) is 12.4 Å². The van der Waals surface area contributed by atoms with Crippen LogP contribution in [0.4, 0.5) is 5.88 Å². The number of nitrogens with two attached hydrogens (primary N) is 1. The zero-order valence-corrected chi connectivity index (χ0v) is 13.2. The molecule has 2 rings (SSSR count). The van der Waals surface area contributed by atoms with Crippen LogP contribution in [0.1, 0.15) is 22.5 Å². The highest BCUT2D eigenvalue weighted by molar-refractivity contribution is 5.91. The summed E-state index contributed by atoms with van der Waals surface area (Å²) < 4.78 is 4.98. The number of nitrogens with zero attached hydrogens (tertiary/aromatic N) is 2. The molecule has 0 aliphatic carbocycles. The fraction of sp³-hybridized carbons (Fsp3) is 0.267. The molecule has 1 aromatic heterocycles. The Labute approximate surface area is 139 Å². The summed E-state index contributed by atoms with van der Waals surface area (Å²) >= 11 is 0. The number of hydrogen-bond donors (Lipinski definition) is 1. The molecule has 8 heteroatoms. The van der Waals surface area contributed by atoms with Crippen molar-refractivity contribution in [1.29, 1.82) is 0 Å². The second-order valence-corrected chi connectivity index (χ2v) is 4.75. The highest BCUT2D eigenvalue weighted by Crippen LogP contribution is 2.18. The molecule has 1 amide bonds. The van der Waals surface area contributed by atoms with Crippen molar-refractivity contribution in [2.24, 2.45) is 5.73 Å². The third-order valence-corrected chi connectivity index (χ3v) is 3.12. The summed E-state index contributed by atoms with van der Waals surface area (Å²) in [6.45, 7) is 1.31. The van der Waals surface area contributed by atoms with Gasteiger partial charge in [0.1, 0.15) is 4.92 Å². The number of carbonyl (C=O) groups is 1. The quantitative estimate of drug-likeness (QED) is 0.617. The minimum atomic E-state index is -0.668. The van der Waals surface area contributed by atoms with E-state index < -0.39 is 10.8 Å². The van der Waals surface area contributed by atoms with Crippen molar-refractivity contribution in [2.45, 2.75) is 13.0 Å². The third kappa shape index (κ3) is 5.08. The van der Waals surface area contributed by atoms with Crippen molar-refractivity contribution in [3.63, 3.8) is 0 Å². The van der Waals surface area contributed by atoms with Crippen molar-refractivity contribution >= 4 is 24.2 Å². The first-order valence-corrected chi connectivity index (χ1v) is 6.89. The molecule has 0 fully saturated rings. The molecule has 0 bridgehead atoms. The Morgan fingerprint density at radius 2 is 1.91 bits per heavy atom. The Morgan fingerprint density at radius 3 is 2.48 bits per heavy atom. The van der Waals surface area contributed by atoms with E-state index >= 15 is 0 Å². The fourth-order valence-electron chi connectivity index (χ4n) is 2.03. The minimum Gasteiger partial charge on any atom is -0.395 e. The molecular formula is C15H18ClN3O4. The molecule has 7 nitrogen and oxygen atoms in total. The number of halogens is 1. The number of rotatable bonds is 7. The van der Waals surface area contributed by atoms with Crippen LogP contribution in [0.25, 0.3) is 0 Å². The van der Waals surface area contributed by atoms with Gasteiger partial charge in [-0.2, -0.15) is 0 Å². The van der Waals surface area contributed by atoms with Crippen LogP contribution in [0.3, 0.4) is 0 Å². The number of hydrogen-bond acceptors (Lipinski definition) is 5. The van der Waals surface area contributed by atoms with Crippen LogP contribution in [-0.2, 0) is 6.54 Å².